The lowest BCUT2D eigenvalue weighted by Gasteiger charge is -2.13. The first kappa shape index (κ1) is 17.8. The van der Waals surface area contributed by atoms with E-state index in [1.807, 2.05) is 37.3 Å². The summed E-state index contributed by atoms with van der Waals surface area (Å²) in [5, 5.41) is 20.1. The predicted octanol–water partition coefficient (Wildman–Crippen LogP) is 2.42. The van der Waals surface area contributed by atoms with Gasteiger partial charge in [0.2, 0.25) is 0 Å². The number of hydrogen-bond acceptors (Lipinski definition) is 5. The van der Waals surface area contributed by atoms with Crippen molar-refractivity contribution in [3.8, 4) is 6.07 Å². The molecule has 0 bridgehead atoms. The second-order valence-corrected chi connectivity index (χ2v) is 6.69. The predicted molar refractivity (Wildman–Crippen MR) is 101 cm³/mol. The van der Waals surface area contributed by atoms with Crippen LogP contribution in [0.3, 0.4) is 0 Å². The molecule has 2 aliphatic heterocycles. The molecular weight excluding hydrogens is 354 g/mol. The standard InChI is InChI=1S/C22H17N3O3/c1-13-2-8-18-19(10-13)25-21(24-18)16(12-23)11-17-7-9-20(28-17)14-3-5-15(6-4-14)22(26)27/h2-11,17,20-21H,1H3,(H,26,27)/b16-11+/t17-,20+,21+/m0/s1. The normalized spacial score (nSPS) is 22.9. The van der Waals surface area contributed by atoms with Gasteiger partial charge in [-0.15, -0.1) is 0 Å². The van der Waals surface area contributed by atoms with Gasteiger partial charge in [-0.2, -0.15) is 5.26 Å². The number of aryl methyl sites for hydroxylation is 1. The third kappa shape index (κ3) is 3.48. The summed E-state index contributed by atoms with van der Waals surface area (Å²) >= 11 is 0. The largest absolute Gasteiger partial charge is 0.478 e. The first-order valence-corrected chi connectivity index (χ1v) is 8.85. The molecule has 0 fully saturated rings. The molecule has 2 aliphatic rings. The molecule has 0 amide bonds. The molecule has 2 aromatic carbocycles. The Balaban J connectivity index is 1.51. The monoisotopic (exact) mass is 371 g/mol. The van der Waals surface area contributed by atoms with Crippen molar-refractivity contribution in [1.29, 1.82) is 5.26 Å². The lowest BCUT2D eigenvalue weighted by Crippen LogP contribution is -2.20. The highest BCUT2D eigenvalue weighted by molar-refractivity contribution is 5.87. The van der Waals surface area contributed by atoms with Crippen LogP contribution in [0, 0.1) is 18.3 Å². The molecule has 0 aliphatic carbocycles. The van der Waals surface area contributed by atoms with Gasteiger partial charge in [0.05, 0.1) is 34.0 Å². The molecule has 0 radical (unpaired) electrons. The fourth-order valence-electron chi connectivity index (χ4n) is 3.21. The van der Waals surface area contributed by atoms with Crippen LogP contribution in [0.2, 0.25) is 0 Å². The van der Waals surface area contributed by atoms with Gasteiger partial charge in [-0.05, 0) is 48.4 Å². The SMILES string of the molecule is Cc1ccc2c(c1)=N[C@H](/C(C#N)=C/[C@@H]1C=C[C@H](c3ccc(C(=O)O)cc3)O1)N=2. The first-order valence-electron chi connectivity index (χ1n) is 8.85. The zero-order valence-corrected chi connectivity index (χ0v) is 15.1. The minimum absolute atomic E-state index is 0.230. The topological polar surface area (TPSA) is 95.0 Å². The van der Waals surface area contributed by atoms with Gasteiger partial charge in [-0.3, -0.25) is 9.98 Å². The van der Waals surface area contributed by atoms with Gasteiger partial charge >= 0.3 is 5.97 Å². The number of nitriles is 1. The van der Waals surface area contributed by atoms with Crippen molar-refractivity contribution in [2.24, 2.45) is 9.98 Å². The highest BCUT2D eigenvalue weighted by Crippen LogP contribution is 2.28. The van der Waals surface area contributed by atoms with Crippen LogP contribution in [0.25, 0.3) is 0 Å². The van der Waals surface area contributed by atoms with Crippen molar-refractivity contribution >= 4 is 5.97 Å². The molecule has 138 valence electrons. The van der Waals surface area contributed by atoms with E-state index in [9.17, 15) is 10.1 Å². The number of nitrogens with zero attached hydrogens (tertiary/aromatic N) is 3. The lowest BCUT2D eigenvalue weighted by atomic mass is 10.1. The molecule has 0 unspecified atom stereocenters. The third-order valence-corrected chi connectivity index (χ3v) is 4.67. The molecular formula is C22H17N3O3. The van der Waals surface area contributed by atoms with Gasteiger partial charge in [-0.1, -0.05) is 30.4 Å². The zero-order valence-electron chi connectivity index (χ0n) is 15.1. The van der Waals surface area contributed by atoms with Gasteiger partial charge in [0.1, 0.15) is 6.10 Å². The number of aromatic carboxylic acids is 1. The molecule has 1 N–H and O–H groups in total. The van der Waals surface area contributed by atoms with E-state index in [1.165, 1.54) is 0 Å². The van der Waals surface area contributed by atoms with Crippen LogP contribution in [0.5, 0.6) is 0 Å². The van der Waals surface area contributed by atoms with Crippen molar-refractivity contribution in [2.75, 3.05) is 0 Å². The Hall–Kier alpha value is -3.56. The average molecular weight is 371 g/mol. The molecule has 28 heavy (non-hydrogen) atoms. The average Bonchev–Trinajstić information content (AvgIpc) is 3.32. The molecule has 6 nitrogen and oxygen atoms in total. The molecule has 4 rings (SSSR count). The molecule has 0 aromatic heterocycles. The number of carboxylic acids is 1. The molecule has 6 heteroatoms. The Morgan fingerprint density at radius 2 is 1.89 bits per heavy atom. The van der Waals surface area contributed by atoms with Crippen molar-refractivity contribution < 1.29 is 14.6 Å². The minimum atomic E-state index is -0.964. The van der Waals surface area contributed by atoms with E-state index in [1.54, 1.807) is 30.3 Å². The molecule has 0 saturated heterocycles. The van der Waals surface area contributed by atoms with Crippen LogP contribution in [0.15, 0.2) is 76.3 Å². The van der Waals surface area contributed by atoms with Crippen molar-refractivity contribution in [3.63, 3.8) is 0 Å². The molecule has 2 heterocycles. The number of benzene rings is 2. The fourth-order valence-corrected chi connectivity index (χ4v) is 3.21. The summed E-state index contributed by atoms with van der Waals surface area (Å²) in [7, 11) is 0. The number of ether oxygens (including phenoxy) is 1. The fraction of sp³-hybridized carbons (Fsp3) is 0.182. The Morgan fingerprint density at radius 1 is 1.14 bits per heavy atom. The van der Waals surface area contributed by atoms with E-state index in [0.29, 0.717) is 5.57 Å². The molecule has 0 saturated carbocycles. The zero-order chi connectivity index (χ0) is 19.7. The van der Waals surface area contributed by atoms with Gasteiger partial charge < -0.3 is 9.84 Å². The summed E-state index contributed by atoms with van der Waals surface area (Å²) in [4.78, 5) is 20.0. The molecule has 0 spiro atoms. The van der Waals surface area contributed by atoms with E-state index in [4.69, 9.17) is 9.84 Å². The summed E-state index contributed by atoms with van der Waals surface area (Å²) in [6.45, 7) is 1.99. The number of carboxylic acid groups (broad SMARTS) is 1. The summed E-state index contributed by atoms with van der Waals surface area (Å²) < 4.78 is 5.97. The summed E-state index contributed by atoms with van der Waals surface area (Å²) in [5.41, 5.74) is 2.62. The summed E-state index contributed by atoms with van der Waals surface area (Å²) in [6, 6.07) is 14.6. The number of hydrogen-bond donors (Lipinski definition) is 1. The van der Waals surface area contributed by atoms with Crippen LogP contribution in [-0.4, -0.2) is 23.3 Å². The van der Waals surface area contributed by atoms with Crippen LogP contribution < -0.4 is 10.7 Å². The highest BCUT2D eigenvalue weighted by Gasteiger charge is 2.23. The Kier molecular flexibility index (Phi) is 4.60. The quantitative estimate of drug-likeness (QED) is 0.659. The van der Waals surface area contributed by atoms with E-state index in [-0.39, 0.29) is 17.8 Å². The van der Waals surface area contributed by atoms with Gasteiger partial charge in [0, 0.05) is 0 Å². The van der Waals surface area contributed by atoms with E-state index in [0.717, 1.165) is 21.8 Å². The second-order valence-electron chi connectivity index (χ2n) is 6.69. The Morgan fingerprint density at radius 3 is 2.61 bits per heavy atom. The van der Waals surface area contributed by atoms with E-state index < -0.39 is 12.1 Å². The van der Waals surface area contributed by atoms with E-state index in [2.05, 4.69) is 16.1 Å². The maximum absolute atomic E-state index is 11.0. The first-order chi connectivity index (χ1) is 13.5. The minimum Gasteiger partial charge on any atom is -0.478 e. The van der Waals surface area contributed by atoms with Crippen LogP contribution in [0.4, 0.5) is 0 Å². The smallest absolute Gasteiger partial charge is 0.335 e. The number of fused-ring (bicyclic) bond motifs is 1. The third-order valence-electron chi connectivity index (χ3n) is 4.67. The number of rotatable bonds is 4. The van der Waals surface area contributed by atoms with Crippen molar-refractivity contribution in [1.82, 2.24) is 0 Å². The van der Waals surface area contributed by atoms with Gasteiger partial charge in [-0.25, -0.2) is 4.79 Å². The van der Waals surface area contributed by atoms with Gasteiger partial charge in [0.25, 0.3) is 0 Å². The second kappa shape index (κ2) is 7.22. The maximum Gasteiger partial charge on any atom is 0.335 e. The molecule has 3 atom stereocenters. The van der Waals surface area contributed by atoms with Crippen molar-refractivity contribution in [2.45, 2.75) is 25.3 Å². The molecule has 2 aromatic rings. The highest BCUT2D eigenvalue weighted by atomic mass is 16.5. The van der Waals surface area contributed by atoms with Crippen LogP contribution >= 0.6 is 0 Å². The lowest BCUT2D eigenvalue weighted by molar-refractivity contribution is 0.0696. The Labute approximate surface area is 161 Å². The van der Waals surface area contributed by atoms with Crippen LogP contribution in [-0.2, 0) is 4.74 Å². The summed E-state index contributed by atoms with van der Waals surface area (Å²) in [6.07, 6.45) is 4.30. The van der Waals surface area contributed by atoms with Crippen LogP contribution in [0.1, 0.15) is 27.6 Å². The summed E-state index contributed by atoms with van der Waals surface area (Å²) in [5.74, 6) is -0.964. The van der Waals surface area contributed by atoms with Crippen molar-refractivity contribution in [3.05, 3.63) is 93.7 Å². The maximum atomic E-state index is 11.0. The Bertz CT molecular complexity index is 1160. The van der Waals surface area contributed by atoms with Gasteiger partial charge in [0.15, 0.2) is 6.17 Å². The number of carbonyl (C=O) groups is 1. The van der Waals surface area contributed by atoms with E-state index >= 15 is 0 Å².